The lowest BCUT2D eigenvalue weighted by Gasteiger charge is -2.12. The molecule has 1 aromatic rings. The lowest BCUT2D eigenvalue weighted by Crippen LogP contribution is -2.24. The first kappa shape index (κ1) is 13.9. The van der Waals surface area contributed by atoms with Gasteiger partial charge >= 0.3 is 5.51 Å². The highest BCUT2D eigenvalue weighted by Gasteiger charge is 2.46. The smallest absolute Gasteiger partial charge is 0.394 e. The van der Waals surface area contributed by atoms with Crippen molar-refractivity contribution in [3.63, 3.8) is 0 Å². The normalized spacial score (nSPS) is 14.6. The second kappa shape index (κ2) is 4.63. The minimum atomic E-state index is -5.38. The van der Waals surface area contributed by atoms with Gasteiger partial charge in [0.1, 0.15) is 0 Å². The predicted octanol–water partition coefficient (Wildman–Crippen LogP) is 0.972. The van der Waals surface area contributed by atoms with E-state index in [-0.39, 0.29) is 5.56 Å². The third-order valence-corrected chi connectivity index (χ3v) is 3.58. The number of hydrogen-bond acceptors (Lipinski definition) is 4. The number of benzene rings is 1. The van der Waals surface area contributed by atoms with E-state index in [0.29, 0.717) is 0 Å². The number of hydrogen-bond donors (Lipinski definition) is 2. The molecule has 1 unspecified atom stereocenters. The van der Waals surface area contributed by atoms with E-state index in [1.54, 1.807) is 0 Å². The maximum atomic E-state index is 12.3. The van der Waals surface area contributed by atoms with Crippen molar-refractivity contribution in [2.75, 3.05) is 6.61 Å². The van der Waals surface area contributed by atoms with Crippen molar-refractivity contribution >= 4 is 9.84 Å². The zero-order chi connectivity index (χ0) is 13.3. The first-order chi connectivity index (χ1) is 7.70. The van der Waals surface area contributed by atoms with Crippen LogP contribution in [0.3, 0.4) is 0 Å². The van der Waals surface area contributed by atoms with Gasteiger partial charge in [-0.2, -0.15) is 13.2 Å². The summed E-state index contributed by atoms with van der Waals surface area (Å²) >= 11 is 0. The molecule has 0 aliphatic carbocycles. The number of alkyl halides is 3. The zero-order valence-corrected chi connectivity index (χ0v) is 9.29. The van der Waals surface area contributed by atoms with Gasteiger partial charge in [0, 0.05) is 0 Å². The Morgan fingerprint density at radius 1 is 1.35 bits per heavy atom. The molecule has 0 aliphatic rings. The fraction of sp³-hybridized carbons (Fsp3) is 0.333. The molecule has 0 heterocycles. The SMILES string of the molecule is NC(CO)c1cccc(S(=O)(=O)C(F)(F)F)c1. The lowest BCUT2D eigenvalue weighted by atomic mass is 10.1. The zero-order valence-electron chi connectivity index (χ0n) is 8.48. The topological polar surface area (TPSA) is 80.4 Å². The fourth-order valence-electron chi connectivity index (χ4n) is 1.15. The third kappa shape index (κ3) is 2.76. The molecule has 1 aromatic carbocycles. The molecule has 1 atom stereocenters. The maximum absolute atomic E-state index is 12.3. The number of halogens is 3. The highest BCUT2D eigenvalue weighted by molar-refractivity contribution is 7.92. The summed E-state index contributed by atoms with van der Waals surface area (Å²) in [7, 11) is -5.38. The Morgan fingerprint density at radius 3 is 2.41 bits per heavy atom. The molecule has 4 nitrogen and oxygen atoms in total. The highest BCUT2D eigenvalue weighted by Crippen LogP contribution is 2.30. The number of aliphatic hydroxyl groups excluding tert-OH is 1. The van der Waals surface area contributed by atoms with Gasteiger partial charge in [-0.25, -0.2) is 8.42 Å². The number of sulfone groups is 1. The maximum Gasteiger partial charge on any atom is 0.501 e. The van der Waals surface area contributed by atoms with Gasteiger partial charge in [0.05, 0.1) is 17.5 Å². The van der Waals surface area contributed by atoms with Crippen LogP contribution in [0.5, 0.6) is 0 Å². The van der Waals surface area contributed by atoms with Crippen molar-refractivity contribution in [2.45, 2.75) is 16.4 Å². The Morgan fingerprint density at radius 2 is 1.94 bits per heavy atom. The first-order valence-corrected chi connectivity index (χ1v) is 5.96. The summed E-state index contributed by atoms with van der Waals surface area (Å²) in [6.45, 7) is -0.491. The van der Waals surface area contributed by atoms with Gasteiger partial charge < -0.3 is 10.8 Å². The van der Waals surface area contributed by atoms with Crippen molar-refractivity contribution < 1.29 is 26.7 Å². The van der Waals surface area contributed by atoms with Crippen LogP contribution in [0, 0.1) is 0 Å². The molecule has 0 spiro atoms. The molecule has 0 fully saturated rings. The Bertz CT molecular complexity index is 498. The Kier molecular flexibility index (Phi) is 3.80. The first-order valence-electron chi connectivity index (χ1n) is 4.48. The second-order valence-electron chi connectivity index (χ2n) is 3.31. The number of nitrogens with two attached hydrogens (primary N) is 1. The molecular formula is C9H10F3NO3S. The van der Waals surface area contributed by atoms with Crippen molar-refractivity contribution in [3.05, 3.63) is 29.8 Å². The molecule has 8 heteroatoms. The van der Waals surface area contributed by atoms with Gasteiger partial charge in [-0.3, -0.25) is 0 Å². The molecule has 1 rings (SSSR count). The summed E-state index contributed by atoms with van der Waals surface area (Å²) in [4.78, 5) is -0.883. The fourth-order valence-corrected chi connectivity index (χ4v) is 1.97. The van der Waals surface area contributed by atoms with Crippen molar-refractivity contribution in [1.29, 1.82) is 0 Å². The summed E-state index contributed by atoms with van der Waals surface area (Å²) < 4.78 is 59.0. The van der Waals surface area contributed by atoms with Crippen LogP contribution in [0.4, 0.5) is 13.2 Å². The molecule has 0 bridgehead atoms. The van der Waals surface area contributed by atoms with Crippen LogP contribution in [0.2, 0.25) is 0 Å². The summed E-state index contributed by atoms with van der Waals surface area (Å²) in [5, 5.41) is 8.75. The molecule has 0 amide bonds. The molecule has 96 valence electrons. The monoisotopic (exact) mass is 269 g/mol. The molecule has 0 aromatic heterocycles. The third-order valence-electron chi connectivity index (χ3n) is 2.10. The molecule has 17 heavy (non-hydrogen) atoms. The molecule has 0 aliphatic heterocycles. The highest BCUT2D eigenvalue weighted by atomic mass is 32.2. The van der Waals surface area contributed by atoms with E-state index in [0.717, 1.165) is 18.2 Å². The minimum absolute atomic E-state index is 0.123. The van der Waals surface area contributed by atoms with Gasteiger partial charge in [-0.15, -0.1) is 0 Å². The van der Waals surface area contributed by atoms with Crippen LogP contribution in [-0.2, 0) is 9.84 Å². The van der Waals surface area contributed by atoms with Crippen LogP contribution in [0.1, 0.15) is 11.6 Å². The van der Waals surface area contributed by atoms with Crippen molar-refractivity contribution in [1.82, 2.24) is 0 Å². The van der Waals surface area contributed by atoms with E-state index in [9.17, 15) is 21.6 Å². The van der Waals surface area contributed by atoms with E-state index in [1.807, 2.05) is 0 Å². The Hall–Kier alpha value is -1.12. The van der Waals surface area contributed by atoms with Gasteiger partial charge in [-0.1, -0.05) is 12.1 Å². The number of rotatable bonds is 3. The summed E-state index contributed by atoms with van der Waals surface area (Å²) in [6, 6.07) is 3.21. The predicted molar refractivity (Wildman–Crippen MR) is 53.7 cm³/mol. The average molecular weight is 269 g/mol. The van der Waals surface area contributed by atoms with E-state index >= 15 is 0 Å². The van der Waals surface area contributed by atoms with Gasteiger partial charge in [-0.05, 0) is 17.7 Å². The average Bonchev–Trinajstić information content (AvgIpc) is 2.26. The van der Waals surface area contributed by atoms with E-state index < -0.39 is 32.9 Å². The van der Waals surface area contributed by atoms with E-state index in [2.05, 4.69) is 0 Å². The second-order valence-corrected chi connectivity index (χ2v) is 5.25. The van der Waals surface area contributed by atoms with E-state index in [4.69, 9.17) is 10.8 Å². The van der Waals surface area contributed by atoms with Crippen LogP contribution < -0.4 is 5.73 Å². The van der Waals surface area contributed by atoms with E-state index in [1.165, 1.54) is 6.07 Å². The Labute approximate surface area is 95.8 Å². The van der Waals surface area contributed by atoms with Crippen molar-refractivity contribution in [2.24, 2.45) is 5.73 Å². The molecule has 0 saturated carbocycles. The number of aliphatic hydroxyl groups is 1. The lowest BCUT2D eigenvalue weighted by molar-refractivity contribution is -0.0436. The quantitative estimate of drug-likeness (QED) is 0.857. The minimum Gasteiger partial charge on any atom is -0.394 e. The standard InChI is InChI=1S/C9H10F3NO3S/c10-9(11,12)17(15,16)7-3-1-2-6(4-7)8(13)5-14/h1-4,8,14H,5,13H2. The van der Waals surface area contributed by atoms with Gasteiger partial charge in [0.2, 0.25) is 0 Å². The molecule has 3 N–H and O–H groups in total. The van der Waals surface area contributed by atoms with Gasteiger partial charge in [0.25, 0.3) is 9.84 Å². The van der Waals surface area contributed by atoms with Crippen LogP contribution >= 0.6 is 0 Å². The van der Waals surface area contributed by atoms with Crippen LogP contribution in [0.25, 0.3) is 0 Å². The molecule has 0 radical (unpaired) electrons. The summed E-state index contributed by atoms with van der Waals surface area (Å²) in [5.74, 6) is 0. The largest absolute Gasteiger partial charge is 0.501 e. The summed E-state index contributed by atoms with van der Waals surface area (Å²) in [5.41, 5.74) is 0.160. The van der Waals surface area contributed by atoms with Crippen LogP contribution in [-0.4, -0.2) is 25.6 Å². The Balaban J connectivity index is 3.26. The van der Waals surface area contributed by atoms with Crippen LogP contribution in [0.15, 0.2) is 29.2 Å². The molecular weight excluding hydrogens is 259 g/mol. The summed E-state index contributed by atoms with van der Waals surface area (Å²) in [6.07, 6.45) is 0. The van der Waals surface area contributed by atoms with Crippen molar-refractivity contribution in [3.8, 4) is 0 Å². The molecule has 0 saturated heterocycles. The van der Waals surface area contributed by atoms with Gasteiger partial charge in [0.15, 0.2) is 0 Å².